The molecule has 0 unspecified atom stereocenters. The van der Waals surface area contributed by atoms with Crippen LogP contribution < -0.4 is 5.32 Å². The van der Waals surface area contributed by atoms with E-state index in [9.17, 15) is 35.5 Å². The van der Waals surface area contributed by atoms with Gasteiger partial charge in [-0.05, 0) is 86.6 Å². The van der Waals surface area contributed by atoms with Crippen LogP contribution in [0.2, 0.25) is 0 Å². The topological polar surface area (TPSA) is 35.6 Å². The van der Waals surface area contributed by atoms with Crippen LogP contribution in [-0.2, 0) is 12.4 Å². The van der Waals surface area contributed by atoms with Crippen molar-refractivity contribution in [2.75, 3.05) is 13.6 Å². The summed E-state index contributed by atoms with van der Waals surface area (Å²) in [5.74, 6) is -0.414. The molecule has 0 radical (unpaired) electrons. The zero-order chi connectivity index (χ0) is 28.0. The molecule has 38 heavy (non-hydrogen) atoms. The van der Waals surface area contributed by atoms with Crippen molar-refractivity contribution < 1.29 is 35.5 Å². The monoisotopic (exact) mass is 545 g/mol. The van der Waals surface area contributed by atoms with Crippen molar-refractivity contribution in [3.05, 3.63) is 70.0 Å². The van der Waals surface area contributed by atoms with E-state index >= 15 is 0 Å². The average molecular weight is 546 g/mol. The number of urea groups is 1. The molecule has 2 amide bonds. The highest BCUT2D eigenvalue weighted by Crippen LogP contribution is 2.40. The Hall–Kier alpha value is -2.82. The Balaban J connectivity index is 1.63. The van der Waals surface area contributed by atoms with Gasteiger partial charge in [-0.2, -0.15) is 26.3 Å². The fraction of sp³-hybridized carbons (Fsp3) is 0.519. The number of benzene rings is 2. The predicted molar refractivity (Wildman–Crippen MR) is 128 cm³/mol. The van der Waals surface area contributed by atoms with Gasteiger partial charge >= 0.3 is 18.4 Å². The van der Waals surface area contributed by atoms with Crippen molar-refractivity contribution >= 4 is 6.03 Å². The molecule has 1 aliphatic carbocycles. The smallest absolute Gasteiger partial charge is 0.321 e. The van der Waals surface area contributed by atoms with Crippen molar-refractivity contribution in [2.45, 2.75) is 76.1 Å². The minimum Gasteiger partial charge on any atom is -0.321 e. The number of halogens is 7. The second-order valence-corrected chi connectivity index (χ2v) is 10.3. The molecule has 2 aromatic carbocycles. The van der Waals surface area contributed by atoms with Crippen LogP contribution >= 0.6 is 0 Å². The minimum atomic E-state index is -4.99. The number of hydrogen-bond donors (Lipinski definition) is 1. The molecule has 4 nitrogen and oxygen atoms in total. The third kappa shape index (κ3) is 6.24. The zero-order valence-corrected chi connectivity index (χ0v) is 21.3. The van der Waals surface area contributed by atoms with Gasteiger partial charge in [0.2, 0.25) is 0 Å². The van der Waals surface area contributed by atoms with Crippen LogP contribution in [-0.4, -0.2) is 41.5 Å². The van der Waals surface area contributed by atoms with E-state index in [0.29, 0.717) is 43.1 Å². The van der Waals surface area contributed by atoms with Crippen LogP contribution in [0.15, 0.2) is 36.4 Å². The van der Waals surface area contributed by atoms with Crippen LogP contribution in [0.3, 0.4) is 0 Å². The first-order valence-electron chi connectivity index (χ1n) is 12.5. The Bertz CT molecular complexity index is 1140. The summed E-state index contributed by atoms with van der Waals surface area (Å²) in [6, 6.07) is 4.21. The molecule has 0 bridgehead atoms. The number of rotatable bonds is 5. The molecule has 1 saturated heterocycles. The molecule has 208 valence electrons. The molecule has 2 aliphatic rings. The van der Waals surface area contributed by atoms with Crippen molar-refractivity contribution in [1.29, 1.82) is 0 Å². The first-order chi connectivity index (χ1) is 17.6. The Kier molecular flexibility index (Phi) is 7.71. The number of aryl methyl sites for hydroxylation is 1. The van der Waals surface area contributed by atoms with Crippen LogP contribution in [0.25, 0.3) is 0 Å². The maximum Gasteiger partial charge on any atom is 0.416 e. The number of amides is 2. The van der Waals surface area contributed by atoms with Crippen LogP contribution in [0, 0.1) is 12.7 Å². The van der Waals surface area contributed by atoms with Gasteiger partial charge < -0.3 is 15.1 Å². The summed E-state index contributed by atoms with van der Waals surface area (Å²) in [6.07, 6.45) is -6.62. The van der Waals surface area contributed by atoms with Crippen LogP contribution in [0.1, 0.15) is 72.5 Å². The van der Waals surface area contributed by atoms with E-state index in [-0.39, 0.29) is 17.7 Å². The number of hydrogen-bond acceptors (Lipinski definition) is 2. The van der Waals surface area contributed by atoms with E-state index in [1.807, 2.05) is 0 Å². The summed E-state index contributed by atoms with van der Waals surface area (Å²) in [7, 11) is 1.36. The number of carbonyl (C=O) groups is 1. The van der Waals surface area contributed by atoms with E-state index in [1.54, 1.807) is 17.9 Å². The molecular weight excluding hydrogens is 515 g/mol. The van der Waals surface area contributed by atoms with E-state index in [1.165, 1.54) is 26.1 Å². The van der Waals surface area contributed by atoms with Crippen molar-refractivity contribution in [2.24, 2.45) is 0 Å². The molecule has 1 heterocycles. The van der Waals surface area contributed by atoms with Gasteiger partial charge in [-0.15, -0.1) is 0 Å². The second kappa shape index (κ2) is 10.4. The standard InChI is InChI=1S/C27H30F7N3O/c1-15-10-20(28)4-7-23(15)24-14-22(35-21-5-6-21)8-9-37(24)25(38)36(3)16(2)17-11-18(26(29,30)31)13-19(12-17)27(32,33)34/h4,7,10-13,16,21-22,24,35H,5-6,8-9,14H2,1-3H3/t16-,22+,24-/m1/s1. The lowest BCUT2D eigenvalue weighted by molar-refractivity contribution is -0.143. The molecule has 3 atom stereocenters. The van der Waals surface area contributed by atoms with Gasteiger partial charge in [0.1, 0.15) is 5.82 Å². The van der Waals surface area contributed by atoms with Crippen molar-refractivity contribution in [3.8, 4) is 0 Å². The Morgan fingerprint density at radius 3 is 2.11 bits per heavy atom. The van der Waals surface area contributed by atoms with E-state index < -0.39 is 47.4 Å². The highest BCUT2D eigenvalue weighted by Gasteiger charge is 2.40. The number of carbonyl (C=O) groups excluding carboxylic acids is 1. The SMILES string of the molecule is Cc1cc(F)ccc1[C@H]1C[C@@H](NC2CC2)CCN1C(=O)N(C)[C@H](C)c1cc(C(F)(F)F)cc(C(F)(F)F)c1. The highest BCUT2D eigenvalue weighted by molar-refractivity contribution is 5.75. The highest BCUT2D eigenvalue weighted by atomic mass is 19.4. The van der Waals surface area contributed by atoms with Gasteiger partial charge in [0.25, 0.3) is 0 Å². The van der Waals surface area contributed by atoms with Crippen molar-refractivity contribution in [1.82, 2.24) is 15.1 Å². The van der Waals surface area contributed by atoms with E-state index in [2.05, 4.69) is 5.32 Å². The lowest BCUT2D eigenvalue weighted by atomic mass is 9.89. The van der Waals surface area contributed by atoms with Gasteiger partial charge in [0.15, 0.2) is 0 Å². The maximum absolute atomic E-state index is 13.8. The summed E-state index contributed by atoms with van der Waals surface area (Å²) in [5.41, 5.74) is -1.73. The van der Waals surface area contributed by atoms with Crippen molar-refractivity contribution in [3.63, 3.8) is 0 Å². The zero-order valence-electron chi connectivity index (χ0n) is 21.3. The Morgan fingerprint density at radius 1 is 0.974 bits per heavy atom. The summed E-state index contributed by atoms with van der Waals surface area (Å²) in [6.45, 7) is 3.47. The van der Waals surface area contributed by atoms with Gasteiger partial charge in [0, 0.05) is 25.7 Å². The number of nitrogens with zero attached hydrogens (tertiary/aromatic N) is 2. The number of likely N-dealkylation sites (tertiary alicyclic amines) is 1. The summed E-state index contributed by atoms with van der Waals surface area (Å²) >= 11 is 0. The van der Waals surface area contributed by atoms with Crippen LogP contribution in [0.5, 0.6) is 0 Å². The largest absolute Gasteiger partial charge is 0.416 e. The first-order valence-corrected chi connectivity index (χ1v) is 12.5. The molecule has 0 spiro atoms. The number of nitrogens with one attached hydrogen (secondary N) is 1. The maximum atomic E-state index is 13.8. The third-order valence-electron chi connectivity index (χ3n) is 7.46. The summed E-state index contributed by atoms with van der Waals surface area (Å²) < 4.78 is 94.2. The van der Waals surface area contributed by atoms with E-state index in [0.717, 1.165) is 23.3 Å². The first kappa shape index (κ1) is 28.2. The quantitative estimate of drug-likeness (QED) is 0.402. The normalized spacial score (nSPS) is 21.4. The molecule has 11 heteroatoms. The lowest BCUT2D eigenvalue weighted by Gasteiger charge is -2.43. The molecule has 1 aliphatic heterocycles. The van der Waals surface area contributed by atoms with Gasteiger partial charge in [-0.1, -0.05) is 6.07 Å². The second-order valence-electron chi connectivity index (χ2n) is 10.3. The summed E-state index contributed by atoms with van der Waals surface area (Å²) in [5, 5.41) is 3.56. The number of piperidine rings is 1. The van der Waals surface area contributed by atoms with Crippen LogP contribution in [0.4, 0.5) is 35.5 Å². The molecule has 1 saturated carbocycles. The average Bonchev–Trinajstić information content (AvgIpc) is 3.65. The molecule has 4 rings (SSSR count). The van der Waals surface area contributed by atoms with Gasteiger partial charge in [-0.25, -0.2) is 9.18 Å². The predicted octanol–water partition coefficient (Wildman–Crippen LogP) is 7.24. The Labute approximate surface area is 216 Å². The fourth-order valence-corrected chi connectivity index (χ4v) is 5.05. The molecule has 2 fully saturated rings. The molecular formula is C27H30F7N3O. The summed E-state index contributed by atoms with van der Waals surface area (Å²) in [4.78, 5) is 16.4. The third-order valence-corrected chi connectivity index (χ3v) is 7.46. The van der Waals surface area contributed by atoms with Gasteiger partial charge in [-0.3, -0.25) is 0 Å². The molecule has 0 aromatic heterocycles. The minimum absolute atomic E-state index is 0.0724. The number of alkyl halides is 6. The molecule has 2 aromatic rings. The fourth-order valence-electron chi connectivity index (χ4n) is 5.05. The molecule has 1 N–H and O–H groups in total. The van der Waals surface area contributed by atoms with Gasteiger partial charge in [0.05, 0.1) is 23.2 Å². The Morgan fingerprint density at radius 2 is 1.58 bits per heavy atom. The lowest BCUT2D eigenvalue weighted by Crippen LogP contribution is -2.51. The van der Waals surface area contributed by atoms with E-state index in [4.69, 9.17) is 0 Å².